The van der Waals surface area contributed by atoms with Crippen LogP contribution in [0, 0.1) is 0 Å². The highest BCUT2D eigenvalue weighted by Gasteiger charge is 2.24. The van der Waals surface area contributed by atoms with Crippen molar-refractivity contribution < 1.29 is 28.9 Å². The number of benzene rings is 1. The number of aromatic carboxylic acids is 1. The van der Waals surface area contributed by atoms with Gasteiger partial charge in [0.2, 0.25) is 0 Å². The lowest BCUT2D eigenvalue weighted by Crippen LogP contribution is -2.39. The molecule has 1 aromatic carbocycles. The standard InChI is InChI=1S/C13H15NO6/c1-18-8-2-3-10(9(6-8)13(16)17)14-12(15)11-7-19-4-5-20-11/h2-3,6,11H,4-5,7H2,1H3,(H,14,15)(H,16,17)/t11-/m1/s1. The third-order valence-electron chi connectivity index (χ3n) is 2.82. The minimum absolute atomic E-state index is 0.0468. The second kappa shape index (κ2) is 6.36. The number of carboxylic acid groups (broad SMARTS) is 1. The zero-order chi connectivity index (χ0) is 14.5. The minimum Gasteiger partial charge on any atom is -0.497 e. The summed E-state index contributed by atoms with van der Waals surface area (Å²) in [4.78, 5) is 23.1. The predicted molar refractivity (Wildman–Crippen MR) is 69.1 cm³/mol. The van der Waals surface area contributed by atoms with Crippen molar-refractivity contribution in [3.8, 4) is 5.75 Å². The van der Waals surface area contributed by atoms with Crippen LogP contribution in [0.1, 0.15) is 10.4 Å². The fourth-order valence-corrected chi connectivity index (χ4v) is 1.79. The quantitative estimate of drug-likeness (QED) is 0.845. The Balaban J connectivity index is 2.15. The summed E-state index contributed by atoms with van der Waals surface area (Å²) in [5.41, 5.74) is 0.145. The highest BCUT2D eigenvalue weighted by molar-refractivity contribution is 6.02. The van der Waals surface area contributed by atoms with E-state index in [1.165, 1.54) is 19.2 Å². The first-order valence-corrected chi connectivity index (χ1v) is 6.03. The van der Waals surface area contributed by atoms with Crippen LogP contribution in [-0.4, -0.2) is 50.0 Å². The number of methoxy groups -OCH3 is 1. The van der Waals surface area contributed by atoms with Crippen molar-refractivity contribution in [2.45, 2.75) is 6.10 Å². The van der Waals surface area contributed by atoms with E-state index in [0.29, 0.717) is 19.0 Å². The maximum atomic E-state index is 12.0. The molecule has 1 saturated heterocycles. The summed E-state index contributed by atoms with van der Waals surface area (Å²) >= 11 is 0. The van der Waals surface area contributed by atoms with E-state index in [1.54, 1.807) is 6.07 Å². The number of ether oxygens (including phenoxy) is 3. The maximum Gasteiger partial charge on any atom is 0.337 e. The molecule has 0 unspecified atom stereocenters. The molecule has 1 aliphatic rings. The molecule has 20 heavy (non-hydrogen) atoms. The molecule has 0 bridgehead atoms. The molecule has 0 aliphatic carbocycles. The van der Waals surface area contributed by atoms with E-state index < -0.39 is 18.0 Å². The summed E-state index contributed by atoms with van der Waals surface area (Å²) in [6, 6.07) is 4.39. The highest BCUT2D eigenvalue weighted by atomic mass is 16.6. The number of hydrogen-bond donors (Lipinski definition) is 2. The highest BCUT2D eigenvalue weighted by Crippen LogP contribution is 2.22. The van der Waals surface area contributed by atoms with Gasteiger partial charge >= 0.3 is 5.97 Å². The van der Waals surface area contributed by atoms with Gasteiger partial charge in [0.1, 0.15) is 5.75 Å². The van der Waals surface area contributed by atoms with Crippen molar-refractivity contribution >= 4 is 17.6 Å². The van der Waals surface area contributed by atoms with Gasteiger partial charge in [-0.05, 0) is 18.2 Å². The van der Waals surface area contributed by atoms with Gasteiger partial charge in [0.15, 0.2) is 6.10 Å². The van der Waals surface area contributed by atoms with E-state index in [2.05, 4.69) is 5.32 Å². The third kappa shape index (κ3) is 3.25. The zero-order valence-electron chi connectivity index (χ0n) is 10.9. The van der Waals surface area contributed by atoms with E-state index in [1.807, 2.05) is 0 Å². The molecule has 1 aliphatic heterocycles. The van der Waals surface area contributed by atoms with Gasteiger partial charge in [0.25, 0.3) is 5.91 Å². The fourth-order valence-electron chi connectivity index (χ4n) is 1.79. The predicted octanol–water partition coefficient (Wildman–Crippen LogP) is 0.747. The molecule has 0 aromatic heterocycles. The molecule has 0 radical (unpaired) electrons. The summed E-state index contributed by atoms with van der Waals surface area (Å²) in [5.74, 6) is -1.19. The van der Waals surface area contributed by atoms with Crippen molar-refractivity contribution in [2.24, 2.45) is 0 Å². The Kier molecular flexibility index (Phi) is 4.54. The second-order valence-electron chi connectivity index (χ2n) is 4.14. The van der Waals surface area contributed by atoms with E-state index in [-0.39, 0.29) is 17.9 Å². The third-order valence-corrected chi connectivity index (χ3v) is 2.82. The van der Waals surface area contributed by atoms with E-state index in [0.717, 1.165) is 0 Å². The average molecular weight is 281 g/mol. The van der Waals surface area contributed by atoms with Crippen LogP contribution in [0.3, 0.4) is 0 Å². The summed E-state index contributed by atoms with van der Waals surface area (Å²) in [6.07, 6.45) is -0.729. The number of carbonyl (C=O) groups is 2. The lowest BCUT2D eigenvalue weighted by atomic mass is 10.1. The molecular formula is C13H15NO6. The number of carboxylic acids is 1. The maximum absolute atomic E-state index is 12.0. The Hall–Kier alpha value is -2.12. The molecule has 7 heteroatoms. The Labute approximate surface area is 115 Å². The minimum atomic E-state index is -1.15. The molecule has 1 fully saturated rings. The molecule has 1 aromatic rings. The molecule has 0 saturated carbocycles. The normalized spacial score (nSPS) is 18.4. The largest absolute Gasteiger partial charge is 0.497 e. The zero-order valence-corrected chi connectivity index (χ0v) is 10.9. The number of carbonyl (C=O) groups excluding carboxylic acids is 1. The SMILES string of the molecule is COc1ccc(NC(=O)[C@H]2COCCO2)c(C(=O)O)c1. The van der Waals surface area contributed by atoms with E-state index >= 15 is 0 Å². The monoisotopic (exact) mass is 281 g/mol. The summed E-state index contributed by atoms with van der Waals surface area (Å²) in [6.45, 7) is 0.948. The molecule has 2 rings (SSSR count). The van der Waals surface area contributed by atoms with Crippen molar-refractivity contribution in [3.63, 3.8) is 0 Å². The molecular weight excluding hydrogens is 266 g/mol. The molecule has 0 spiro atoms. The van der Waals surface area contributed by atoms with Crippen LogP contribution in [0.15, 0.2) is 18.2 Å². The number of hydrogen-bond acceptors (Lipinski definition) is 5. The van der Waals surface area contributed by atoms with E-state index in [9.17, 15) is 9.59 Å². The molecule has 7 nitrogen and oxygen atoms in total. The Bertz CT molecular complexity index is 510. The topological polar surface area (TPSA) is 94.1 Å². The van der Waals surface area contributed by atoms with Gasteiger partial charge in [-0.1, -0.05) is 0 Å². The van der Waals surface area contributed by atoms with Crippen LogP contribution in [0.5, 0.6) is 5.75 Å². The molecule has 2 N–H and O–H groups in total. The van der Waals surface area contributed by atoms with Crippen LogP contribution >= 0.6 is 0 Å². The summed E-state index contributed by atoms with van der Waals surface area (Å²) in [5, 5.41) is 11.7. The van der Waals surface area contributed by atoms with Crippen molar-refractivity contribution in [1.29, 1.82) is 0 Å². The van der Waals surface area contributed by atoms with Gasteiger partial charge in [-0.25, -0.2) is 4.79 Å². The first-order valence-electron chi connectivity index (χ1n) is 6.03. The van der Waals surface area contributed by atoms with Gasteiger partial charge in [-0.2, -0.15) is 0 Å². The molecule has 1 atom stereocenters. The number of nitrogens with one attached hydrogen (secondary N) is 1. The summed E-state index contributed by atoms with van der Waals surface area (Å²) < 4.78 is 15.3. The van der Waals surface area contributed by atoms with Crippen molar-refractivity contribution in [3.05, 3.63) is 23.8 Å². The first-order chi connectivity index (χ1) is 9.61. The van der Waals surface area contributed by atoms with Gasteiger partial charge in [-0.3, -0.25) is 4.79 Å². The average Bonchev–Trinajstić information content (AvgIpc) is 2.48. The van der Waals surface area contributed by atoms with Crippen LogP contribution in [0.2, 0.25) is 0 Å². The lowest BCUT2D eigenvalue weighted by molar-refractivity contribution is -0.142. The Morgan fingerprint density at radius 1 is 1.40 bits per heavy atom. The molecule has 108 valence electrons. The fraction of sp³-hybridized carbons (Fsp3) is 0.385. The van der Waals surface area contributed by atoms with Gasteiger partial charge in [0.05, 0.1) is 38.2 Å². The number of anilines is 1. The smallest absolute Gasteiger partial charge is 0.337 e. The van der Waals surface area contributed by atoms with Gasteiger partial charge in [-0.15, -0.1) is 0 Å². The van der Waals surface area contributed by atoms with Crippen molar-refractivity contribution in [1.82, 2.24) is 0 Å². The van der Waals surface area contributed by atoms with E-state index in [4.69, 9.17) is 19.3 Å². The molecule has 1 heterocycles. The Morgan fingerprint density at radius 2 is 2.20 bits per heavy atom. The number of amides is 1. The van der Waals surface area contributed by atoms with Gasteiger partial charge in [0, 0.05) is 0 Å². The van der Waals surface area contributed by atoms with Crippen LogP contribution < -0.4 is 10.1 Å². The first kappa shape index (κ1) is 14.3. The number of rotatable bonds is 4. The van der Waals surface area contributed by atoms with Crippen LogP contribution in [-0.2, 0) is 14.3 Å². The van der Waals surface area contributed by atoms with Crippen molar-refractivity contribution in [2.75, 3.05) is 32.2 Å². The summed E-state index contributed by atoms with van der Waals surface area (Å²) in [7, 11) is 1.44. The Morgan fingerprint density at radius 3 is 2.80 bits per heavy atom. The van der Waals surface area contributed by atoms with Gasteiger partial charge < -0.3 is 24.6 Å². The van der Waals surface area contributed by atoms with Crippen LogP contribution in [0.4, 0.5) is 5.69 Å². The lowest BCUT2D eigenvalue weighted by Gasteiger charge is -2.22. The molecule has 1 amide bonds. The second-order valence-corrected chi connectivity index (χ2v) is 4.14. The van der Waals surface area contributed by atoms with Crippen LogP contribution in [0.25, 0.3) is 0 Å².